The van der Waals surface area contributed by atoms with Crippen molar-refractivity contribution in [2.24, 2.45) is 0 Å². The summed E-state index contributed by atoms with van der Waals surface area (Å²) < 4.78 is 5.61. The van der Waals surface area contributed by atoms with Crippen LogP contribution in [0.2, 0.25) is 0 Å². The number of rotatable bonds is 4. The van der Waals surface area contributed by atoms with E-state index in [1.807, 2.05) is 0 Å². The van der Waals surface area contributed by atoms with E-state index in [2.05, 4.69) is 5.32 Å². The minimum absolute atomic E-state index is 0.213. The summed E-state index contributed by atoms with van der Waals surface area (Å²) in [4.78, 5) is 11.3. The van der Waals surface area contributed by atoms with Crippen LogP contribution in [0.4, 0.5) is 0 Å². The molecule has 0 aromatic rings. The highest BCUT2D eigenvalue weighted by atomic mass is 16.5. The molecular weight excluding hydrogens is 206 g/mol. The Hall–Kier alpha value is -0.610. The second-order valence-corrected chi connectivity index (χ2v) is 4.96. The summed E-state index contributed by atoms with van der Waals surface area (Å²) in [5, 5.41) is 12.5. The van der Waals surface area contributed by atoms with Gasteiger partial charge in [0.2, 0.25) is 0 Å². The third kappa shape index (κ3) is 2.55. The molecule has 4 nitrogen and oxygen atoms in total. The molecule has 2 rings (SSSR count). The number of ether oxygens (including phenoxy) is 1. The lowest BCUT2D eigenvalue weighted by molar-refractivity contribution is -0.145. The summed E-state index contributed by atoms with van der Waals surface area (Å²) in [7, 11) is 0. The number of carboxylic acids is 1. The van der Waals surface area contributed by atoms with Crippen LogP contribution in [-0.2, 0) is 9.53 Å². The molecule has 1 atom stereocenters. The van der Waals surface area contributed by atoms with Crippen LogP contribution in [0.1, 0.15) is 44.9 Å². The van der Waals surface area contributed by atoms with Gasteiger partial charge in [0.15, 0.2) is 0 Å². The standard InChI is InChI=1S/C12H21NO3/c14-11(15)12(6-2-3-7-12)13-9-10-5-1-4-8-16-10/h10,13H,1-9H2,(H,14,15). The fourth-order valence-corrected chi connectivity index (χ4v) is 2.72. The van der Waals surface area contributed by atoms with Gasteiger partial charge in [0, 0.05) is 13.2 Å². The van der Waals surface area contributed by atoms with Gasteiger partial charge in [-0.3, -0.25) is 10.1 Å². The number of hydrogen-bond donors (Lipinski definition) is 2. The third-order valence-corrected chi connectivity index (χ3v) is 3.81. The topological polar surface area (TPSA) is 58.6 Å². The molecule has 0 spiro atoms. The van der Waals surface area contributed by atoms with Crippen molar-refractivity contribution in [2.45, 2.75) is 56.6 Å². The fourth-order valence-electron chi connectivity index (χ4n) is 2.72. The molecule has 0 bridgehead atoms. The summed E-state index contributed by atoms with van der Waals surface area (Å²) in [6.45, 7) is 1.51. The lowest BCUT2D eigenvalue weighted by Crippen LogP contribution is -2.52. The predicted molar refractivity (Wildman–Crippen MR) is 60.4 cm³/mol. The van der Waals surface area contributed by atoms with E-state index in [9.17, 15) is 9.90 Å². The van der Waals surface area contributed by atoms with E-state index in [1.54, 1.807) is 0 Å². The molecule has 2 aliphatic rings. The molecule has 1 aliphatic heterocycles. The van der Waals surface area contributed by atoms with Crippen LogP contribution >= 0.6 is 0 Å². The Morgan fingerprint density at radius 2 is 2.06 bits per heavy atom. The van der Waals surface area contributed by atoms with E-state index >= 15 is 0 Å². The average molecular weight is 227 g/mol. The Labute approximate surface area is 96.4 Å². The van der Waals surface area contributed by atoms with Crippen LogP contribution in [0, 0.1) is 0 Å². The molecule has 4 heteroatoms. The molecule has 0 aromatic heterocycles. The Morgan fingerprint density at radius 3 is 2.62 bits per heavy atom. The predicted octanol–water partition coefficient (Wildman–Crippen LogP) is 1.54. The van der Waals surface area contributed by atoms with Crippen molar-refractivity contribution >= 4 is 5.97 Å². The largest absolute Gasteiger partial charge is 0.480 e. The molecule has 0 radical (unpaired) electrons. The molecule has 0 amide bonds. The third-order valence-electron chi connectivity index (χ3n) is 3.81. The highest BCUT2D eigenvalue weighted by Crippen LogP contribution is 2.30. The Bertz CT molecular complexity index is 243. The van der Waals surface area contributed by atoms with Gasteiger partial charge in [-0.05, 0) is 32.1 Å². The van der Waals surface area contributed by atoms with E-state index in [0.29, 0.717) is 6.54 Å². The van der Waals surface area contributed by atoms with Crippen molar-refractivity contribution in [3.63, 3.8) is 0 Å². The highest BCUT2D eigenvalue weighted by Gasteiger charge is 2.41. The zero-order valence-electron chi connectivity index (χ0n) is 9.71. The summed E-state index contributed by atoms with van der Waals surface area (Å²) in [5.74, 6) is -0.694. The first-order valence-corrected chi connectivity index (χ1v) is 6.33. The second-order valence-electron chi connectivity index (χ2n) is 4.96. The monoisotopic (exact) mass is 227 g/mol. The van der Waals surface area contributed by atoms with Crippen molar-refractivity contribution in [3.05, 3.63) is 0 Å². The molecule has 1 saturated carbocycles. The summed E-state index contributed by atoms with van der Waals surface area (Å²) in [6.07, 6.45) is 7.17. The van der Waals surface area contributed by atoms with Crippen LogP contribution in [0.3, 0.4) is 0 Å². The molecular formula is C12H21NO3. The van der Waals surface area contributed by atoms with Crippen molar-refractivity contribution in [1.29, 1.82) is 0 Å². The first-order valence-electron chi connectivity index (χ1n) is 6.33. The highest BCUT2D eigenvalue weighted by molar-refractivity contribution is 5.79. The van der Waals surface area contributed by atoms with Crippen LogP contribution in [0.15, 0.2) is 0 Å². The number of nitrogens with one attached hydrogen (secondary N) is 1. The van der Waals surface area contributed by atoms with Crippen molar-refractivity contribution in [2.75, 3.05) is 13.2 Å². The van der Waals surface area contributed by atoms with Gasteiger partial charge >= 0.3 is 5.97 Å². The molecule has 1 saturated heterocycles. The van der Waals surface area contributed by atoms with Crippen LogP contribution in [0.25, 0.3) is 0 Å². The lowest BCUT2D eigenvalue weighted by atomic mass is 9.97. The van der Waals surface area contributed by atoms with Gasteiger partial charge in [-0.25, -0.2) is 0 Å². The van der Waals surface area contributed by atoms with Gasteiger partial charge < -0.3 is 9.84 Å². The molecule has 92 valence electrons. The fraction of sp³-hybridized carbons (Fsp3) is 0.917. The normalized spacial score (nSPS) is 29.1. The molecule has 2 N–H and O–H groups in total. The number of carboxylic acid groups (broad SMARTS) is 1. The first-order chi connectivity index (χ1) is 7.73. The van der Waals surface area contributed by atoms with Crippen molar-refractivity contribution in [3.8, 4) is 0 Å². The van der Waals surface area contributed by atoms with Gasteiger partial charge in [-0.2, -0.15) is 0 Å². The van der Waals surface area contributed by atoms with Crippen LogP contribution in [-0.4, -0.2) is 35.9 Å². The maximum atomic E-state index is 11.3. The van der Waals surface area contributed by atoms with Crippen LogP contribution in [0.5, 0.6) is 0 Å². The van der Waals surface area contributed by atoms with Gasteiger partial charge in [0.25, 0.3) is 0 Å². The molecule has 16 heavy (non-hydrogen) atoms. The Morgan fingerprint density at radius 1 is 1.31 bits per heavy atom. The number of hydrogen-bond acceptors (Lipinski definition) is 3. The van der Waals surface area contributed by atoms with Crippen molar-refractivity contribution < 1.29 is 14.6 Å². The SMILES string of the molecule is O=C(O)C1(NCC2CCCCO2)CCCC1. The van der Waals surface area contributed by atoms with Gasteiger partial charge in [-0.15, -0.1) is 0 Å². The molecule has 1 heterocycles. The van der Waals surface area contributed by atoms with Gasteiger partial charge in [0.1, 0.15) is 5.54 Å². The number of carbonyl (C=O) groups is 1. The van der Waals surface area contributed by atoms with Gasteiger partial charge in [-0.1, -0.05) is 12.8 Å². The minimum atomic E-state index is -0.694. The Kier molecular flexibility index (Phi) is 3.82. The van der Waals surface area contributed by atoms with E-state index < -0.39 is 11.5 Å². The zero-order valence-corrected chi connectivity index (χ0v) is 9.71. The minimum Gasteiger partial charge on any atom is -0.480 e. The van der Waals surface area contributed by atoms with Crippen molar-refractivity contribution in [1.82, 2.24) is 5.32 Å². The Balaban J connectivity index is 1.84. The summed E-state index contributed by atoms with van der Waals surface area (Å²) in [6, 6.07) is 0. The maximum Gasteiger partial charge on any atom is 0.323 e. The summed E-state index contributed by atoms with van der Waals surface area (Å²) >= 11 is 0. The number of aliphatic carboxylic acids is 1. The average Bonchev–Trinajstić information content (AvgIpc) is 2.78. The van der Waals surface area contributed by atoms with E-state index in [0.717, 1.165) is 45.1 Å². The second kappa shape index (κ2) is 5.15. The van der Waals surface area contributed by atoms with E-state index in [1.165, 1.54) is 6.42 Å². The molecule has 2 fully saturated rings. The quantitative estimate of drug-likeness (QED) is 0.765. The first kappa shape index (κ1) is 11.9. The molecule has 1 unspecified atom stereocenters. The maximum absolute atomic E-state index is 11.3. The van der Waals surface area contributed by atoms with Crippen LogP contribution < -0.4 is 5.32 Å². The van der Waals surface area contributed by atoms with Gasteiger partial charge in [0.05, 0.1) is 6.10 Å². The molecule has 1 aliphatic carbocycles. The zero-order chi connectivity index (χ0) is 11.4. The smallest absolute Gasteiger partial charge is 0.323 e. The van der Waals surface area contributed by atoms with E-state index in [-0.39, 0.29) is 6.10 Å². The summed E-state index contributed by atoms with van der Waals surface area (Å²) in [5.41, 5.74) is -0.666. The lowest BCUT2D eigenvalue weighted by Gasteiger charge is -2.30. The van der Waals surface area contributed by atoms with E-state index in [4.69, 9.17) is 4.74 Å². The molecule has 0 aromatic carbocycles.